The van der Waals surface area contributed by atoms with Gasteiger partial charge in [-0.3, -0.25) is 4.79 Å². The zero-order valence-corrected chi connectivity index (χ0v) is 12.2. The third-order valence-electron chi connectivity index (χ3n) is 3.08. The molecular weight excluding hydrogens is 262 g/mol. The Balaban J connectivity index is 1.85. The summed E-state index contributed by atoms with van der Waals surface area (Å²) >= 11 is 1.33. The van der Waals surface area contributed by atoms with Crippen molar-refractivity contribution in [2.75, 3.05) is 37.7 Å². The summed E-state index contributed by atoms with van der Waals surface area (Å²) in [7, 11) is 2.02. The monoisotopic (exact) mass is 283 g/mol. The fourth-order valence-electron chi connectivity index (χ4n) is 1.56. The topological polar surface area (TPSA) is 83.3 Å². The number of amides is 1. The van der Waals surface area contributed by atoms with E-state index in [4.69, 9.17) is 5.73 Å². The lowest BCUT2D eigenvalue weighted by Gasteiger charge is -2.13. The highest BCUT2D eigenvalue weighted by atomic mass is 32.1. The number of aromatic nitrogens is 1. The number of nitrogens with zero attached hydrogens (tertiary/aromatic N) is 2. The molecule has 1 saturated carbocycles. The number of hydrogen-bond acceptors (Lipinski definition) is 6. The largest absolute Gasteiger partial charge is 0.382 e. The van der Waals surface area contributed by atoms with Crippen molar-refractivity contribution in [1.82, 2.24) is 15.2 Å². The average molecular weight is 283 g/mol. The number of likely N-dealkylation sites (N-methyl/N-ethyl adjacent to an activating group) is 1. The van der Waals surface area contributed by atoms with Crippen LogP contribution in [0.3, 0.4) is 0 Å². The first-order chi connectivity index (χ1) is 9.10. The highest BCUT2D eigenvalue weighted by Crippen LogP contribution is 2.30. The highest BCUT2D eigenvalue weighted by molar-refractivity contribution is 7.18. The number of nitrogens with one attached hydrogen (secondary N) is 2. The molecule has 0 saturated heterocycles. The molecule has 1 amide bonds. The second-order valence-corrected chi connectivity index (χ2v) is 5.80. The molecule has 106 valence electrons. The molecule has 0 spiro atoms. The minimum Gasteiger partial charge on any atom is -0.382 e. The quantitative estimate of drug-likeness (QED) is 0.695. The van der Waals surface area contributed by atoms with Crippen molar-refractivity contribution in [2.24, 2.45) is 0 Å². The van der Waals surface area contributed by atoms with Crippen LogP contribution in [0.15, 0.2) is 0 Å². The normalized spacial score (nSPS) is 14.7. The smallest absolute Gasteiger partial charge is 0.265 e. The SMILES string of the molecule is CCN(C)CCNC(=O)c1sc(NC2CC2)nc1N. The molecule has 0 radical (unpaired) electrons. The third kappa shape index (κ3) is 4.07. The molecule has 1 aromatic rings. The molecule has 1 fully saturated rings. The summed E-state index contributed by atoms with van der Waals surface area (Å²) < 4.78 is 0. The van der Waals surface area contributed by atoms with Gasteiger partial charge in [0.1, 0.15) is 10.7 Å². The molecule has 19 heavy (non-hydrogen) atoms. The maximum absolute atomic E-state index is 12.0. The Morgan fingerprint density at radius 2 is 2.32 bits per heavy atom. The summed E-state index contributed by atoms with van der Waals surface area (Å²) in [4.78, 5) is 18.8. The lowest BCUT2D eigenvalue weighted by atomic mass is 10.4. The number of carbonyl (C=O) groups excluding carboxylic acids is 1. The number of nitrogen functional groups attached to an aromatic ring is 1. The molecule has 0 aliphatic heterocycles. The van der Waals surface area contributed by atoms with E-state index in [1.54, 1.807) is 0 Å². The van der Waals surface area contributed by atoms with E-state index in [0.717, 1.165) is 18.2 Å². The van der Waals surface area contributed by atoms with Gasteiger partial charge in [-0.2, -0.15) is 0 Å². The molecule has 7 heteroatoms. The molecule has 4 N–H and O–H groups in total. The summed E-state index contributed by atoms with van der Waals surface area (Å²) in [6.07, 6.45) is 2.34. The Labute approximate surface area is 117 Å². The zero-order valence-electron chi connectivity index (χ0n) is 11.4. The summed E-state index contributed by atoms with van der Waals surface area (Å²) in [5.41, 5.74) is 5.78. The molecule has 1 heterocycles. The van der Waals surface area contributed by atoms with Crippen LogP contribution < -0.4 is 16.4 Å². The summed E-state index contributed by atoms with van der Waals surface area (Å²) in [5, 5.41) is 6.87. The fraction of sp³-hybridized carbons (Fsp3) is 0.667. The summed E-state index contributed by atoms with van der Waals surface area (Å²) in [6.45, 7) is 4.49. The second kappa shape index (κ2) is 6.21. The number of rotatable bonds is 7. The van der Waals surface area contributed by atoms with Crippen molar-refractivity contribution in [3.8, 4) is 0 Å². The van der Waals surface area contributed by atoms with Gasteiger partial charge in [0.25, 0.3) is 5.91 Å². The Bertz CT molecular complexity index is 443. The molecule has 2 rings (SSSR count). The van der Waals surface area contributed by atoms with Crippen molar-refractivity contribution in [1.29, 1.82) is 0 Å². The number of anilines is 2. The first-order valence-corrected chi connectivity index (χ1v) is 7.41. The molecule has 0 unspecified atom stereocenters. The van der Waals surface area contributed by atoms with Crippen LogP contribution in [0.4, 0.5) is 10.9 Å². The molecule has 0 aromatic carbocycles. The predicted molar refractivity (Wildman–Crippen MR) is 78.7 cm³/mol. The minimum atomic E-state index is -0.136. The molecule has 1 aromatic heterocycles. The first-order valence-electron chi connectivity index (χ1n) is 6.59. The van der Waals surface area contributed by atoms with Crippen molar-refractivity contribution >= 4 is 28.2 Å². The fourth-order valence-corrected chi connectivity index (χ4v) is 2.44. The lowest BCUT2D eigenvalue weighted by molar-refractivity contribution is 0.0955. The molecular formula is C12H21N5OS. The second-order valence-electron chi connectivity index (χ2n) is 4.80. The summed E-state index contributed by atoms with van der Waals surface area (Å²) in [6, 6.07) is 0.514. The van der Waals surface area contributed by atoms with E-state index in [0.29, 0.717) is 23.3 Å². The first kappa shape index (κ1) is 14.1. The lowest BCUT2D eigenvalue weighted by Crippen LogP contribution is -2.32. The number of hydrogen-bond donors (Lipinski definition) is 3. The van der Waals surface area contributed by atoms with E-state index in [9.17, 15) is 4.79 Å². The van der Waals surface area contributed by atoms with Crippen molar-refractivity contribution in [3.05, 3.63) is 4.88 Å². The van der Waals surface area contributed by atoms with Gasteiger partial charge in [-0.15, -0.1) is 0 Å². The maximum atomic E-state index is 12.0. The van der Waals surface area contributed by atoms with E-state index in [2.05, 4.69) is 27.4 Å². The van der Waals surface area contributed by atoms with E-state index in [1.165, 1.54) is 24.2 Å². The van der Waals surface area contributed by atoms with Crippen LogP contribution in [0.1, 0.15) is 29.4 Å². The number of nitrogens with two attached hydrogens (primary N) is 1. The van der Waals surface area contributed by atoms with Crippen molar-refractivity contribution < 1.29 is 4.79 Å². The zero-order chi connectivity index (χ0) is 13.8. The van der Waals surface area contributed by atoms with Crippen molar-refractivity contribution in [3.63, 3.8) is 0 Å². The van der Waals surface area contributed by atoms with Gasteiger partial charge < -0.3 is 21.3 Å². The molecule has 0 atom stereocenters. The molecule has 1 aliphatic carbocycles. The minimum absolute atomic E-state index is 0.136. The third-order valence-corrected chi connectivity index (χ3v) is 4.08. The molecule has 0 bridgehead atoms. The Kier molecular flexibility index (Phi) is 4.60. The Hall–Kier alpha value is -1.34. The van der Waals surface area contributed by atoms with E-state index in [1.807, 2.05) is 7.05 Å². The van der Waals surface area contributed by atoms with E-state index >= 15 is 0 Å². The van der Waals surface area contributed by atoms with Crippen LogP contribution >= 0.6 is 11.3 Å². The Morgan fingerprint density at radius 3 is 2.95 bits per heavy atom. The Morgan fingerprint density at radius 1 is 1.58 bits per heavy atom. The highest BCUT2D eigenvalue weighted by Gasteiger charge is 2.24. The average Bonchev–Trinajstić information content (AvgIpc) is 3.11. The van der Waals surface area contributed by atoms with Gasteiger partial charge in [0, 0.05) is 19.1 Å². The van der Waals surface area contributed by atoms with Crippen molar-refractivity contribution in [2.45, 2.75) is 25.8 Å². The standard InChI is InChI=1S/C12H21N5OS/c1-3-17(2)7-6-14-11(18)9-10(13)16-12(19-9)15-8-4-5-8/h8H,3-7,13H2,1-2H3,(H,14,18)(H,15,16). The molecule has 6 nitrogen and oxygen atoms in total. The van der Waals surface area contributed by atoms with Gasteiger partial charge in [0.15, 0.2) is 5.13 Å². The predicted octanol–water partition coefficient (Wildman–Crippen LogP) is 0.981. The van der Waals surface area contributed by atoms with Crippen LogP contribution in [-0.2, 0) is 0 Å². The maximum Gasteiger partial charge on any atom is 0.265 e. The van der Waals surface area contributed by atoms with Crippen LogP contribution in [0.2, 0.25) is 0 Å². The van der Waals surface area contributed by atoms with Crippen LogP contribution in [0, 0.1) is 0 Å². The van der Waals surface area contributed by atoms with E-state index in [-0.39, 0.29) is 5.91 Å². The summed E-state index contributed by atoms with van der Waals surface area (Å²) in [5.74, 6) is 0.179. The molecule has 1 aliphatic rings. The van der Waals surface area contributed by atoms with Gasteiger partial charge in [-0.25, -0.2) is 4.98 Å². The number of carbonyl (C=O) groups is 1. The van der Waals surface area contributed by atoms with Crippen LogP contribution in [0.5, 0.6) is 0 Å². The van der Waals surface area contributed by atoms with Gasteiger partial charge in [0.2, 0.25) is 0 Å². The van der Waals surface area contributed by atoms with Crippen LogP contribution in [-0.4, -0.2) is 48.5 Å². The number of thiazole rings is 1. The van der Waals surface area contributed by atoms with Gasteiger partial charge in [-0.05, 0) is 26.4 Å². The van der Waals surface area contributed by atoms with E-state index < -0.39 is 0 Å². The van der Waals surface area contributed by atoms with Crippen LogP contribution in [0.25, 0.3) is 0 Å². The van der Waals surface area contributed by atoms with Gasteiger partial charge >= 0.3 is 0 Å². The van der Waals surface area contributed by atoms with Gasteiger partial charge in [0.05, 0.1) is 0 Å². The van der Waals surface area contributed by atoms with Gasteiger partial charge in [-0.1, -0.05) is 18.3 Å².